The fraction of sp³-hybridized carbons (Fsp3) is 0.700. The summed E-state index contributed by atoms with van der Waals surface area (Å²) in [5.74, 6) is 0. The van der Waals surface area contributed by atoms with E-state index < -0.39 is 0 Å². The fourth-order valence-corrected chi connectivity index (χ4v) is 0.586. The molecule has 0 N–H and O–H groups in total. The number of hydrogen-bond donors (Lipinski definition) is 0. The van der Waals surface area contributed by atoms with Crippen molar-refractivity contribution < 1.29 is 14.3 Å². The Kier molecular flexibility index (Phi) is 15.8. The van der Waals surface area contributed by atoms with Gasteiger partial charge in [-0.05, 0) is 20.8 Å². The third-order valence-corrected chi connectivity index (χ3v) is 1.07. The number of aldehydes is 1. The lowest BCUT2D eigenvalue weighted by atomic mass is 10.5. The van der Waals surface area contributed by atoms with Gasteiger partial charge in [0.1, 0.15) is 6.29 Å². The summed E-state index contributed by atoms with van der Waals surface area (Å²) in [6, 6.07) is 0. The van der Waals surface area contributed by atoms with Gasteiger partial charge >= 0.3 is 0 Å². The number of carbonyl (C=O) groups is 1. The van der Waals surface area contributed by atoms with Crippen molar-refractivity contribution in [2.24, 2.45) is 0 Å². The van der Waals surface area contributed by atoms with E-state index in [2.05, 4.69) is 6.58 Å². The van der Waals surface area contributed by atoms with Crippen LogP contribution in [0, 0.1) is 0 Å². The van der Waals surface area contributed by atoms with Crippen molar-refractivity contribution in [2.45, 2.75) is 33.5 Å². The Morgan fingerprint density at radius 1 is 1.31 bits per heavy atom. The van der Waals surface area contributed by atoms with Gasteiger partial charge in [0.2, 0.25) is 0 Å². The maximum Gasteiger partial charge on any atom is 0.154 e. The summed E-state index contributed by atoms with van der Waals surface area (Å²) in [6.07, 6.45) is 2.81. The first-order chi connectivity index (χ1) is 6.22. The van der Waals surface area contributed by atoms with Crippen LogP contribution in [-0.4, -0.2) is 25.8 Å². The van der Waals surface area contributed by atoms with Crippen LogP contribution < -0.4 is 0 Å². The lowest BCUT2D eigenvalue weighted by molar-refractivity contribution is -0.123. The third-order valence-electron chi connectivity index (χ3n) is 1.07. The standard InChI is InChI=1S/C6H14O2.C4H6O/c1-4-7-6(3)8-5-2;1-2-3-4-5/h6H,4-5H2,1-3H3;2,4H,1,3H2. The molecule has 0 heterocycles. The molecule has 0 aliphatic heterocycles. The lowest BCUT2D eigenvalue weighted by Gasteiger charge is -2.09. The van der Waals surface area contributed by atoms with Crippen LogP contribution in [0.4, 0.5) is 0 Å². The van der Waals surface area contributed by atoms with Crippen molar-refractivity contribution in [1.82, 2.24) is 0 Å². The Bertz CT molecular complexity index is 101. The zero-order valence-corrected chi connectivity index (χ0v) is 8.79. The molecule has 0 saturated carbocycles. The molecule has 0 amide bonds. The SMILES string of the molecule is C=CCC=O.CCOC(C)OCC. The quantitative estimate of drug-likeness (QED) is 0.364. The highest BCUT2D eigenvalue weighted by molar-refractivity contribution is 5.51. The molecule has 0 aliphatic carbocycles. The van der Waals surface area contributed by atoms with E-state index in [1.54, 1.807) is 6.08 Å². The Balaban J connectivity index is 0. The van der Waals surface area contributed by atoms with E-state index in [1.807, 2.05) is 20.8 Å². The van der Waals surface area contributed by atoms with Gasteiger partial charge in [0.05, 0.1) is 0 Å². The molecule has 13 heavy (non-hydrogen) atoms. The molecule has 0 spiro atoms. The first-order valence-electron chi connectivity index (χ1n) is 4.50. The van der Waals surface area contributed by atoms with Gasteiger partial charge in [-0.2, -0.15) is 0 Å². The second-order valence-electron chi connectivity index (χ2n) is 2.17. The minimum atomic E-state index is -0.0370. The number of carbonyl (C=O) groups excluding carboxylic acids is 1. The van der Waals surface area contributed by atoms with E-state index in [1.165, 1.54) is 0 Å². The molecule has 3 heteroatoms. The topological polar surface area (TPSA) is 35.5 Å². The van der Waals surface area contributed by atoms with E-state index in [4.69, 9.17) is 9.47 Å². The first kappa shape index (κ1) is 14.8. The number of ether oxygens (including phenoxy) is 2. The molecule has 0 aliphatic rings. The predicted octanol–water partition coefficient (Wildman–Crippen LogP) is 2.17. The summed E-state index contributed by atoms with van der Waals surface area (Å²) in [5.41, 5.74) is 0. The zero-order valence-electron chi connectivity index (χ0n) is 8.79. The molecule has 0 bridgehead atoms. The van der Waals surface area contributed by atoms with E-state index in [9.17, 15) is 4.79 Å². The Morgan fingerprint density at radius 2 is 1.77 bits per heavy atom. The van der Waals surface area contributed by atoms with Crippen molar-refractivity contribution >= 4 is 6.29 Å². The van der Waals surface area contributed by atoms with Gasteiger partial charge < -0.3 is 14.3 Å². The van der Waals surface area contributed by atoms with Crippen molar-refractivity contribution in [1.29, 1.82) is 0 Å². The minimum absolute atomic E-state index is 0.0370. The summed E-state index contributed by atoms with van der Waals surface area (Å²) in [4.78, 5) is 9.33. The van der Waals surface area contributed by atoms with Crippen molar-refractivity contribution in [3.8, 4) is 0 Å². The number of hydrogen-bond acceptors (Lipinski definition) is 3. The van der Waals surface area contributed by atoms with Gasteiger partial charge in [-0.1, -0.05) is 6.08 Å². The molecular formula is C10H20O3. The van der Waals surface area contributed by atoms with Crippen molar-refractivity contribution in [3.05, 3.63) is 12.7 Å². The molecule has 0 aromatic rings. The molecular weight excluding hydrogens is 168 g/mol. The summed E-state index contributed by atoms with van der Waals surface area (Å²) < 4.78 is 10.1. The second kappa shape index (κ2) is 13.9. The average molecular weight is 188 g/mol. The molecule has 0 radical (unpaired) electrons. The number of allylic oxidation sites excluding steroid dienone is 1. The van der Waals surface area contributed by atoms with Gasteiger partial charge in [0, 0.05) is 19.6 Å². The van der Waals surface area contributed by atoms with Gasteiger partial charge in [0.15, 0.2) is 6.29 Å². The molecule has 0 rings (SSSR count). The lowest BCUT2D eigenvalue weighted by Crippen LogP contribution is -2.11. The smallest absolute Gasteiger partial charge is 0.154 e. The maximum absolute atomic E-state index is 9.33. The van der Waals surface area contributed by atoms with Crippen LogP contribution in [0.5, 0.6) is 0 Å². The van der Waals surface area contributed by atoms with Crippen LogP contribution in [0.1, 0.15) is 27.2 Å². The van der Waals surface area contributed by atoms with E-state index in [0.29, 0.717) is 6.42 Å². The molecule has 0 aromatic carbocycles. The number of rotatable bonds is 6. The maximum atomic E-state index is 9.33. The highest BCUT2D eigenvalue weighted by atomic mass is 16.7. The van der Waals surface area contributed by atoms with E-state index in [-0.39, 0.29) is 6.29 Å². The molecule has 0 aromatic heterocycles. The van der Waals surface area contributed by atoms with Gasteiger partial charge in [0.25, 0.3) is 0 Å². The summed E-state index contributed by atoms with van der Waals surface area (Å²) >= 11 is 0. The summed E-state index contributed by atoms with van der Waals surface area (Å²) in [6.45, 7) is 10.6. The van der Waals surface area contributed by atoms with E-state index in [0.717, 1.165) is 19.5 Å². The molecule has 0 unspecified atom stereocenters. The van der Waals surface area contributed by atoms with Crippen molar-refractivity contribution in [3.63, 3.8) is 0 Å². The Labute approximate surface area is 80.7 Å². The third kappa shape index (κ3) is 18.4. The van der Waals surface area contributed by atoms with Crippen molar-refractivity contribution in [2.75, 3.05) is 13.2 Å². The Hall–Kier alpha value is -0.670. The predicted molar refractivity (Wildman–Crippen MR) is 53.6 cm³/mol. The second-order valence-corrected chi connectivity index (χ2v) is 2.17. The largest absolute Gasteiger partial charge is 0.353 e. The van der Waals surface area contributed by atoms with Crippen LogP contribution >= 0.6 is 0 Å². The normalized spacial score (nSPS) is 8.92. The zero-order chi connectivity index (χ0) is 10.5. The summed E-state index contributed by atoms with van der Waals surface area (Å²) in [5, 5.41) is 0. The van der Waals surface area contributed by atoms with Gasteiger partial charge in [-0.15, -0.1) is 6.58 Å². The molecule has 3 nitrogen and oxygen atoms in total. The molecule has 0 fully saturated rings. The van der Waals surface area contributed by atoms with Crippen LogP contribution in [0.25, 0.3) is 0 Å². The van der Waals surface area contributed by atoms with Gasteiger partial charge in [-0.3, -0.25) is 0 Å². The monoisotopic (exact) mass is 188 g/mol. The molecule has 78 valence electrons. The van der Waals surface area contributed by atoms with Crippen LogP contribution in [-0.2, 0) is 14.3 Å². The van der Waals surface area contributed by atoms with Crippen LogP contribution in [0.3, 0.4) is 0 Å². The fourth-order valence-electron chi connectivity index (χ4n) is 0.586. The van der Waals surface area contributed by atoms with E-state index >= 15 is 0 Å². The minimum Gasteiger partial charge on any atom is -0.353 e. The average Bonchev–Trinajstić information content (AvgIpc) is 2.08. The Morgan fingerprint density at radius 3 is 1.92 bits per heavy atom. The first-order valence-corrected chi connectivity index (χ1v) is 4.50. The summed E-state index contributed by atoms with van der Waals surface area (Å²) in [7, 11) is 0. The highest BCUT2D eigenvalue weighted by Crippen LogP contribution is 1.90. The van der Waals surface area contributed by atoms with Gasteiger partial charge in [-0.25, -0.2) is 0 Å². The van der Waals surface area contributed by atoms with Crippen LogP contribution in [0.2, 0.25) is 0 Å². The molecule has 0 atom stereocenters. The molecule has 0 saturated heterocycles. The highest BCUT2D eigenvalue weighted by Gasteiger charge is 1.94. The van der Waals surface area contributed by atoms with Crippen LogP contribution in [0.15, 0.2) is 12.7 Å².